The maximum atomic E-state index is 14.3. The number of amides is 3. The van der Waals surface area contributed by atoms with E-state index in [2.05, 4.69) is 16.6 Å². The van der Waals surface area contributed by atoms with E-state index in [1.165, 1.54) is 4.90 Å². The van der Waals surface area contributed by atoms with Crippen molar-refractivity contribution < 1.29 is 33.8 Å². The van der Waals surface area contributed by atoms with Crippen molar-refractivity contribution in [2.75, 3.05) is 13.2 Å². The fourth-order valence-electron chi connectivity index (χ4n) is 4.43. The highest BCUT2D eigenvalue weighted by molar-refractivity contribution is 5.94. The number of carbonyl (C=O) groups excluding carboxylic acids is 4. The number of alkyl carbamates (subject to hydrolysis) is 1. The third kappa shape index (κ3) is 12.3. The maximum Gasteiger partial charge on any atom is 0.408 e. The highest BCUT2D eigenvalue weighted by Crippen LogP contribution is 2.25. The lowest BCUT2D eigenvalue weighted by molar-refractivity contribution is -0.159. The first-order chi connectivity index (χ1) is 21.1. The van der Waals surface area contributed by atoms with Gasteiger partial charge in [-0.1, -0.05) is 61.7 Å². The molecule has 0 saturated heterocycles. The minimum Gasteiger partial charge on any atom is -0.458 e. The van der Waals surface area contributed by atoms with Gasteiger partial charge < -0.3 is 30.1 Å². The molecule has 45 heavy (non-hydrogen) atoms. The van der Waals surface area contributed by atoms with Crippen LogP contribution in [-0.2, 0) is 30.3 Å². The Hall–Kier alpha value is -4.36. The fourth-order valence-corrected chi connectivity index (χ4v) is 4.43. The summed E-state index contributed by atoms with van der Waals surface area (Å²) in [5, 5.41) is 15.4. The van der Waals surface area contributed by atoms with Crippen molar-refractivity contribution in [3.8, 4) is 12.3 Å². The second-order valence-corrected chi connectivity index (χ2v) is 12.7. The van der Waals surface area contributed by atoms with Crippen LogP contribution in [-0.4, -0.2) is 70.3 Å². The molecule has 0 saturated carbocycles. The molecule has 0 aliphatic heterocycles. The van der Waals surface area contributed by atoms with E-state index in [1.807, 2.05) is 37.3 Å². The molecule has 3 atom stereocenters. The number of aliphatic hydroxyl groups excluding tert-OH is 1. The van der Waals surface area contributed by atoms with Crippen LogP contribution in [0.5, 0.6) is 0 Å². The predicted molar refractivity (Wildman–Crippen MR) is 172 cm³/mol. The molecule has 0 radical (unpaired) electrons. The van der Waals surface area contributed by atoms with Crippen molar-refractivity contribution >= 4 is 23.9 Å². The zero-order chi connectivity index (χ0) is 33.8. The summed E-state index contributed by atoms with van der Waals surface area (Å²) in [7, 11) is 0. The second-order valence-electron chi connectivity index (χ2n) is 12.7. The maximum absolute atomic E-state index is 14.3. The number of carbonyl (C=O) groups is 4. The number of aliphatic hydroxyl groups is 1. The summed E-state index contributed by atoms with van der Waals surface area (Å²) in [5.74, 6) is 0.560. The summed E-state index contributed by atoms with van der Waals surface area (Å²) in [6, 6.07) is 12.0. The van der Waals surface area contributed by atoms with E-state index in [1.54, 1.807) is 65.8 Å². The van der Waals surface area contributed by atoms with Crippen LogP contribution in [0.3, 0.4) is 0 Å². The first kappa shape index (κ1) is 36.8. The van der Waals surface area contributed by atoms with Crippen LogP contribution in [0.4, 0.5) is 4.79 Å². The van der Waals surface area contributed by atoms with E-state index in [9.17, 15) is 24.3 Å². The van der Waals surface area contributed by atoms with Gasteiger partial charge in [-0.2, -0.15) is 0 Å². The molecule has 3 N–H and O–H groups in total. The monoisotopic (exact) mass is 621 g/mol. The van der Waals surface area contributed by atoms with Gasteiger partial charge in [-0.25, -0.2) is 9.59 Å². The van der Waals surface area contributed by atoms with Crippen LogP contribution in [0.25, 0.3) is 0 Å². The Labute approximate surface area is 266 Å². The smallest absolute Gasteiger partial charge is 0.408 e. The molecule has 3 amide bonds. The zero-order valence-corrected chi connectivity index (χ0v) is 27.4. The summed E-state index contributed by atoms with van der Waals surface area (Å²) >= 11 is 0. The molecule has 0 aromatic heterocycles. The van der Waals surface area contributed by atoms with Crippen LogP contribution in [0.1, 0.15) is 84.0 Å². The first-order valence-corrected chi connectivity index (χ1v) is 15.1. The molecule has 10 heteroatoms. The van der Waals surface area contributed by atoms with E-state index < -0.39 is 59.8 Å². The highest BCUT2D eigenvalue weighted by Gasteiger charge is 2.38. The summed E-state index contributed by atoms with van der Waals surface area (Å²) in [5.41, 5.74) is 0.134. The van der Waals surface area contributed by atoms with Crippen molar-refractivity contribution in [1.29, 1.82) is 0 Å². The SMILES string of the molecule is C#Cc1ccc(C(C(=O)NC(Cc2ccccc2)C(=O)OC(C)(C)C)N(CCCC)C(=O)C(CO)NC(=O)OC(C)(C)C)cc1. The number of nitrogens with zero attached hydrogens (tertiary/aromatic N) is 1. The average Bonchev–Trinajstić information content (AvgIpc) is 2.96. The van der Waals surface area contributed by atoms with Gasteiger partial charge in [-0.05, 0) is 71.2 Å². The van der Waals surface area contributed by atoms with E-state index in [0.717, 1.165) is 5.56 Å². The minimum atomic E-state index is -1.40. The van der Waals surface area contributed by atoms with Gasteiger partial charge in [0.15, 0.2) is 0 Å². The summed E-state index contributed by atoms with van der Waals surface area (Å²) in [4.78, 5) is 55.5. The van der Waals surface area contributed by atoms with Crippen molar-refractivity contribution in [2.45, 2.75) is 97.1 Å². The van der Waals surface area contributed by atoms with Crippen LogP contribution < -0.4 is 10.6 Å². The van der Waals surface area contributed by atoms with Crippen LogP contribution >= 0.6 is 0 Å². The Kier molecular flexibility index (Phi) is 13.6. The number of hydrogen-bond acceptors (Lipinski definition) is 7. The van der Waals surface area contributed by atoms with Gasteiger partial charge in [0.25, 0.3) is 0 Å². The predicted octanol–water partition coefficient (Wildman–Crippen LogP) is 4.29. The highest BCUT2D eigenvalue weighted by atomic mass is 16.6. The van der Waals surface area contributed by atoms with Crippen molar-refractivity contribution in [2.24, 2.45) is 0 Å². The van der Waals surface area contributed by atoms with Gasteiger partial charge in [-0.3, -0.25) is 9.59 Å². The number of esters is 1. The quantitative estimate of drug-likeness (QED) is 0.224. The topological polar surface area (TPSA) is 134 Å². The lowest BCUT2D eigenvalue weighted by Gasteiger charge is -2.35. The summed E-state index contributed by atoms with van der Waals surface area (Å²) < 4.78 is 10.9. The number of nitrogens with one attached hydrogen (secondary N) is 2. The molecule has 2 rings (SSSR count). The van der Waals surface area contributed by atoms with Crippen molar-refractivity contribution in [3.05, 3.63) is 71.3 Å². The Morgan fingerprint density at radius 2 is 1.49 bits per heavy atom. The normalized spacial score (nSPS) is 13.4. The van der Waals surface area contributed by atoms with Gasteiger partial charge in [0.05, 0.1) is 6.61 Å². The molecule has 0 aliphatic carbocycles. The number of terminal acetylenes is 1. The molecule has 0 heterocycles. The molecule has 3 unspecified atom stereocenters. The number of rotatable bonds is 13. The molecule has 244 valence electrons. The molecule has 0 fully saturated rings. The van der Waals surface area contributed by atoms with Crippen LogP contribution in [0.15, 0.2) is 54.6 Å². The third-order valence-corrected chi connectivity index (χ3v) is 6.45. The molecule has 10 nitrogen and oxygen atoms in total. The molecule has 2 aromatic rings. The summed E-state index contributed by atoms with van der Waals surface area (Å²) in [6.07, 6.45) is 6.01. The minimum absolute atomic E-state index is 0.118. The van der Waals surface area contributed by atoms with Crippen molar-refractivity contribution in [1.82, 2.24) is 15.5 Å². The summed E-state index contributed by atoms with van der Waals surface area (Å²) in [6.45, 7) is 11.5. The number of benzene rings is 2. The lowest BCUT2D eigenvalue weighted by atomic mass is 9.99. The Bertz CT molecular complexity index is 1320. The van der Waals surface area contributed by atoms with Gasteiger partial charge in [-0.15, -0.1) is 6.42 Å². The second kappa shape index (κ2) is 16.6. The number of unbranched alkanes of at least 4 members (excludes halogenated alkanes) is 1. The van der Waals surface area contributed by atoms with Gasteiger partial charge in [0.2, 0.25) is 11.8 Å². The van der Waals surface area contributed by atoms with E-state index in [-0.39, 0.29) is 13.0 Å². The van der Waals surface area contributed by atoms with Gasteiger partial charge in [0, 0.05) is 18.5 Å². The Balaban J connectivity index is 2.57. The number of hydrogen-bond donors (Lipinski definition) is 3. The number of ether oxygens (including phenoxy) is 2. The van der Waals surface area contributed by atoms with E-state index in [4.69, 9.17) is 15.9 Å². The molecule has 0 spiro atoms. The third-order valence-electron chi connectivity index (χ3n) is 6.45. The fraction of sp³-hybridized carbons (Fsp3) is 0.486. The van der Waals surface area contributed by atoms with E-state index >= 15 is 0 Å². The average molecular weight is 622 g/mol. The Morgan fingerprint density at radius 3 is 2.00 bits per heavy atom. The molecular weight excluding hydrogens is 574 g/mol. The molecule has 0 aliphatic rings. The zero-order valence-electron chi connectivity index (χ0n) is 27.4. The molecule has 2 aromatic carbocycles. The standard InChI is InChI=1S/C35H47N3O7/c1-9-11-21-38(31(41)28(23-39)37-33(43)45-35(6,7)8)29(26-19-17-24(10-2)18-20-26)30(40)36-27(32(42)44-34(3,4)5)22-25-15-13-12-14-16-25/h2,12-20,27-29,39H,9,11,21-23H2,1,3-8H3,(H,36,40)(H,37,43). The van der Waals surface area contributed by atoms with Gasteiger partial charge >= 0.3 is 12.1 Å². The largest absolute Gasteiger partial charge is 0.458 e. The van der Waals surface area contributed by atoms with E-state index in [0.29, 0.717) is 24.0 Å². The van der Waals surface area contributed by atoms with Crippen LogP contribution in [0.2, 0.25) is 0 Å². The van der Waals surface area contributed by atoms with Crippen LogP contribution in [0, 0.1) is 12.3 Å². The molecular formula is C35H47N3O7. The van der Waals surface area contributed by atoms with Gasteiger partial charge in [0.1, 0.15) is 29.3 Å². The molecule has 0 bridgehead atoms. The van der Waals surface area contributed by atoms with Crippen molar-refractivity contribution in [3.63, 3.8) is 0 Å². The first-order valence-electron chi connectivity index (χ1n) is 15.1. The lowest BCUT2D eigenvalue weighted by Crippen LogP contribution is -2.56. The Morgan fingerprint density at radius 1 is 0.889 bits per heavy atom.